The van der Waals surface area contributed by atoms with Gasteiger partial charge >= 0.3 is 5.97 Å². The minimum absolute atomic E-state index is 0.0344. The molecule has 1 unspecified atom stereocenters. The van der Waals surface area contributed by atoms with Crippen molar-refractivity contribution < 1.29 is 23.1 Å². The Hall–Kier alpha value is -1.98. The van der Waals surface area contributed by atoms with Crippen LogP contribution in [0.2, 0.25) is 0 Å². The summed E-state index contributed by atoms with van der Waals surface area (Å²) in [5.41, 5.74) is 0.0344. The summed E-state index contributed by atoms with van der Waals surface area (Å²) < 4.78 is 31.4. The van der Waals surface area contributed by atoms with Gasteiger partial charge in [-0.2, -0.15) is 0 Å². The number of esters is 1. The van der Waals surface area contributed by atoms with Gasteiger partial charge in [-0.05, 0) is 37.5 Å². The molecule has 1 atom stereocenters. The highest BCUT2D eigenvalue weighted by Crippen LogP contribution is 2.22. The standard InChI is InChI=1S/C16H19F2NO3/c1-2-3-9-22-16(21)14-5-4-8-19(14)15(20)11-6-7-12(17)13(18)10-11/h6-7,10,14H,2-5,8-9H2,1H3. The first-order valence-electron chi connectivity index (χ1n) is 7.47. The molecule has 1 aromatic rings. The zero-order chi connectivity index (χ0) is 16.1. The van der Waals surface area contributed by atoms with Crippen LogP contribution in [-0.4, -0.2) is 36.0 Å². The first-order valence-corrected chi connectivity index (χ1v) is 7.47. The Morgan fingerprint density at radius 1 is 1.32 bits per heavy atom. The van der Waals surface area contributed by atoms with E-state index in [1.807, 2.05) is 6.92 Å². The summed E-state index contributed by atoms with van der Waals surface area (Å²) in [6, 6.07) is 2.35. The maximum absolute atomic E-state index is 13.3. The predicted molar refractivity (Wildman–Crippen MR) is 76.3 cm³/mol. The lowest BCUT2D eigenvalue weighted by molar-refractivity contribution is -0.148. The summed E-state index contributed by atoms with van der Waals surface area (Å²) in [4.78, 5) is 25.8. The monoisotopic (exact) mass is 311 g/mol. The number of benzene rings is 1. The van der Waals surface area contributed by atoms with E-state index in [0.29, 0.717) is 26.0 Å². The zero-order valence-electron chi connectivity index (χ0n) is 12.5. The third kappa shape index (κ3) is 3.61. The van der Waals surface area contributed by atoms with Crippen molar-refractivity contribution in [2.45, 2.75) is 38.6 Å². The number of likely N-dealkylation sites (tertiary alicyclic amines) is 1. The van der Waals surface area contributed by atoms with Crippen molar-refractivity contribution in [1.29, 1.82) is 0 Å². The largest absolute Gasteiger partial charge is 0.464 e. The van der Waals surface area contributed by atoms with Crippen LogP contribution in [0.1, 0.15) is 43.0 Å². The molecule has 1 aliphatic rings. The molecule has 1 fully saturated rings. The predicted octanol–water partition coefficient (Wildman–Crippen LogP) is 2.91. The number of unbranched alkanes of at least 4 members (excludes halogenated alkanes) is 1. The van der Waals surface area contributed by atoms with Crippen LogP contribution in [0, 0.1) is 11.6 Å². The minimum atomic E-state index is -1.08. The molecule has 22 heavy (non-hydrogen) atoms. The topological polar surface area (TPSA) is 46.6 Å². The van der Waals surface area contributed by atoms with E-state index in [1.165, 1.54) is 11.0 Å². The first kappa shape index (κ1) is 16.4. The van der Waals surface area contributed by atoms with E-state index < -0.39 is 29.6 Å². The van der Waals surface area contributed by atoms with E-state index >= 15 is 0 Å². The molecule has 0 N–H and O–H groups in total. The first-order chi connectivity index (χ1) is 10.5. The summed E-state index contributed by atoms with van der Waals surface area (Å²) in [6.07, 6.45) is 2.90. The van der Waals surface area contributed by atoms with E-state index in [4.69, 9.17) is 4.74 Å². The normalized spacial score (nSPS) is 17.6. The number of nitrogens with zero attached hydrogens (tertiary/aromatic N) is 1. The van der Waals surface area contributed by atoms with Gasteiger partial charge in [0, 0.05) is 12.1 Å². The lowest BCUT2D eigenvalue weighted by atomic mass is 10.1. The van der Waals surface area contributed by atoms with Gasteiger partial charge in [-0.3, -0.25) is 4.79 Å². The zero-order valence-corrected chi connectivity index (χ0v) is 12.5. The Labute approximate surface area is 128 Å². The fraction of sp³-hybridized carbons (Fsp3) is 0.500. The molecule has 1 heterocycles. The van der Waals surface area contributed by atoms with Crippen molar-refractivity contribution in [2.75, 3.05) is 13.2 Å². The van der Waals surface area contributed by atoms with Crippen molar-refractivity contribution in [3.8, 4) is 0 Å². The molecule has 0 spiro atoms. The number of carbonyl (C=O) groups excluding carboxylic acids is 2. The highest BCUT2D eigenvalue weighted by molar-refractivity contribution is 5.97. The average molecular weight is 311 g/mol. The molecule has 0 radical (unpaired) electrons. The number of hydrogen-bond donors (Lipinski definition) is 0. The van der Waals surface area contributed by atoms with Gasteiger partial charge < -0.3 is 9.64 Å². The van der Waals surface area contributed by atoms with Gasteiger partial charge in [0.15, 0.2) is 11.6 Å². The second kappa shape index (κ2) is 7.33. The second-order valence-corrected chi connectivity index (χ2v) is 5.31. The Morgan fingerprint density at radius 3 is 2.77 bits per heavy atom. The fourth-order valence-corrected chi connectivity index (χ4v) is 2.46. The molecule has 0 aliphatic carbocycles. The van der Waals surface area contributed by atoms with Crippen molar-refractivity contribution in [1.82, 2.24) is 4.90 Å². The van der Waals surface area contributed by atoms with Crippen LogP contribution >= 0.6 is 0 Å². The average Bonchev–Trinajstić information content (AvgIpc) is 2.99. The Balaban J connectivity index is 2.07. The van der Waals surface area contributed by atoms with Gasteiger partial charge in [0.05, 0.1) is 6.61 Å². The summed E-state index contributed by atoms with van der Waals surface area (Å²) in [5.74, 6) is -2.99. The van der Waals surface area contributed by atoms with Crippen LogP contribution in [0.15, 0.2) is 18.2 Å². The van der Waals surface area contributed by atoms with Crippen LogP contribution in [0.4, 0.5) is 8.78 Å². The maximum Gasteiger partial charge on any atom is 0.328 e. The van der Waals surface area contributed by atoms with Gasteiger partial charge in [-0.25, -0.2) is 13.6 Å². The molecule has 4 nitrogen and oxygen atoms in total. The molecule has 0 bridgehead atoms. The fourth-order valence-electron chi connectivity index (χ4n) is 2.46. The van der Waals surface area contributed by atoms with Gasteiger partial charge in [-0.15, -0.1) is 0 Å². The lowest BCUT2D eigenvalue weighted by Crippen LogP contribution is -2.41. The van der Waals surface area contributed by atoms with Crippen LogP contribution < -0.4 is 0 Å². The van der Waals surface area contributed by atoms with E-state index in [9.17, 15) is 18.4 Å². The van der Waals surface area contributed by atoms with E-state index in [0.717, 1.165) is 25.0 Å². The molecular formula is C16H19F2NO3. The molecule has 1 saturated heterocycles. The number of carbonyl (C=O) groups is 2. The highest BCUT2D eigenvalue weighted by Gasteiger charge is 2.35. The Morgan fingerprint density at radius 2 is 2.09 bits per heavy atom. The summed E-state index contributed by atoms with van der Waals surface area (Å²) in [7, 11) is 0. The van der Waals surface area contributed by atoms with Gasteiger partial charge in [0.25, 0.3) is 5.91 Å². The molecule has 6 heteroatoms. The molecule has 2 rings (SSSR count). The summed E-state index contributed by atoms with van der Waals surface area (Å²) in [5, 5.41) is 0. The van der Waals surface area contributed by atoms with Crippen LogP contribution in [0.5, 0.6) is 0 Å². The van der Waals surface area contributed by atoms with Gasteiger partial charge in [0.1, 0.15) is 6.04 Å². The molecule has 120 valence electrons. The number of halogens is 2. The van der Waals surface area contributed by atoms with Gasteiger partial charge in [-0.1, -0.05) is 13.3 Å². The summed E-state index contributed by atoms with van der Waals surface area (Å²) >= 11 is 0. The number of rotatable bonds is 5. The van der Waals surface area contributed by atoms with Crippen molar-refractivity contribution in [3.05, 3.63) is 35.4 Å². The summed E-state index contributed by atoms with van der Waals surface area (Å²) in [6.45, 7) is 2.73. The van der Waals surface area contributed by atoms with E-state index in [2.05, 4.69) is 0 Å². The second-order valence-electron chi connectivity index (χ2n) is 5.31. The molecule has 1 aliphatic heterocycles. The Bertz CT molecular complexity index is 562. The highest BCUT2D eigenvalue weighted by atomic mass is 19.2. The third-order valence-electron chi connectivity index (χ3n) is 3.69. The quantitative estimate of drug-likeness (QED) is 0.620. The maximum atomic E-state index is 13.3. The smallest absolute Gasteiger partial charge is 0.328 e. The number of amides is 1. The van der Waals surface area contributed by atoms with E-state index in [-0.39, 0.29) is 5.56 Å². The number of hydrogen-bond acceptors (Lipinski definition) is 3. The molecular weight excluding hydrogens is 292 g/mol. The van der Waals surface area contributed by atoms with Crippen molar-refractivity contribution in [2.24, 2.45) is 0 Å². The Kier molecular flexibility index (Phi) is 5.46. The van der Waals surface area contributed by atoms with E-state index in [1.54, 1.807) is 0 Å². The lowest BCUT2D eigenvalue weighted by Gasteiger charge is -2.23. The molecule has 1 amide bonds. The van der Waals surface area contributed by atoms with Crippen molar-refractivity contribution in [3.63, 3.8) is 0 Å². The van der Waals surface area contributed by atoms with Crippen LogP contribution in [0.25, 0.3) is 0 Å². The van der Waals surface area contributed by atoms with Crippen molar-refractivity contribution >= 4 is 11.9 Å². The van der Waals surface area contributed by atoms with Crippen LogP contribution in [-0.2, 0) is 9.53 Å². The van der Waals surface area contributed by atoms with Crippen LogP contribution in [0.3, 0.4) is 0 Å². The SMILES string of the molecule is CCCCOC(=O)C1CCCN1C(=O)c1ccc(F)c(F)c1. The molecule has 0 aromatic heterocycles. The molecule has 0 saturated carbocycles. The van der Waals surface area contributed by atoms with Gasteiger partial charge in [0.2, 0.25) is 0 Å². The number of ether oxygens (including phenoxy) is 1. The minimum Gasteiger partial charge on any atom is -0.464 e. The molecule has 1 aromatic carbocycles. The third-order valence-corrected chi connectivity index (χ3v) is 3.69.